The molecule has 1 aromatic heterocycles. The predicted octanol–water partition coefficient (Wildman–Crippen LogP) is 8.50. The van der Waals surface area contributed by atoms with Gasteiger partial charge in [0.2, 0.25) is 0 Å². The first kappa shape index (κ1) is 31.5. The summed E-state index contributed by atoms with van der Waals surface area (Å²) in [6, 6.07) is 21.9. The number of likely N-dealkylation sites (tertiary alicyclic amines) is 1. The zero-order valence-corrected chi connectivity index (χ0v) is 28.4. The van der Waals surface area contributed by atoms with E-state index < -0.39 is 0 Å². The van der Waals surface area contributed by atoms with E-state index in [1.165, 1.54) is 0 Å². The van der Waals surface area contributed by atoms with Crippen molar-refractivity contribution in [1.82, 2.24) is 25.9 Å². The first-order chi connectivity index (χ1) is 21.6. The number of hydrogen-bond donors (Lipinski definition) is 4. The smallest absolute Gasteiger partial charge is 0.103 e. The van der Waals surface area contributed by atoms with E-state index in [9.17, 15) is 5.26 Å². The maximum Gasteiger partial charge on any atom is 0.103 e. The van der Waals surface area contributed by atoms with Gasteiger partial charge in [0.25, 0.3) is 0 Å². The van der Waals surface area contributed by atoms with Crippen LogP contribution in [-0.2, 0) is 0 Å². The van der Waals surface area contributed by atoms with Crippen molar-refractivity contribution >= 4 is 67.1 Å². The maximum absolute atomic E-state index is 9.97. The second kappa shape index (κ2) is 13.1. The van der Waals surface area contributed by atoms with Gasteiger partial charge in [-0.1, -0.05) is 57.3 Å². The molecule has 1 saturated heterocycles. The highest BCUT2D eigenvalue weighted by atomic mass is 79.9. The third-order valence-electron chi connectivity index (χ3n) is 8.38. The normalized spacial score (nSPS) is 16.6. The fourth-order valence-corrected chi connectivity index (χ4v) is 6.73. The molecule has 3 aromatic carbocycles. The molecule has 1 atom stereocenters. The quantitative estimate of drug-likeness (QED) is 0.152. The van der Waals surface area contributed by atoms with Crippen LogP contribution in [0.25, 0.3) is 10.9 Å². The van der Waals surface area contributed by atoms with Gasteiger partial charge in [-0.2, -0.15) is 5.26 Å². The van der Waals surface area contributed by atoms with Crippen molar-refractivity contribution in [2.75, 3.05) is 23.7 Å². The van der Waals surface area contributed by atoms with Crippen molar-refractivity contribution in [3.05, 3.63) is 104 Å². The number of hydrogen-bond acceptors (Lipinski definition) is 8. The molecule has 4 N–H and O–H groups in total. The molecule has 8 nitrogen and oxygen atoms in total. The van der Waals surface area contributed by atoms with E-state index in [0.717, 1.165) is 58.4 Å². The van der Waals surface area contributed by atoms with E-state index in [0.29, 0.717) is 32.9 Å². The number of nitrogens with one attached hydrogen (secondary N) is 4. The Labute approximate surface area is 282 Å². The Bertz CT molecular complexity index is 1770. The van der Waals surface area contributed by atoms with Gasteiger partial charge in [-0.25, -0.2) is 0 Å². The molecule has 0 spiro atoms. The van der Waals surface area contributed by atoms with E-state index in [2.05, 4.69) is 85.5 Å². The summed E-state index contributed by atoms with van der Waals surface area (Å²) in [5.41, 5.74) is 12.3. The number of anilines is 3. The molecule has 6 rings (SSSR count). The van der Waals surface area contributed by atoms with Crippen LogP contribution in [-0.4, -0.2) is 39.6 Å². The van der Waals surface area contributed by atoms with Gasteiger partial charge >= 0.3 is 0 Å². The van der Waals surface area contributed by atoms with Crippen LogP contribution in [0, 0.1) is 11.3 Å². The van der Waals surface area contributed by atoms with Crippen LogP contribution in [0.4, 0.5) is 17.1 Å². The minimum Gasteiger partial charge on any atom is -0.373 e. The highest BCUT2D eigenvalue weighted by Gasteiger charge is 2.32. The lowest BCUT2D eigenvalue weighted by molar-refractivity contribution is 0.0570. The van der Waals surface area contributed by atoms with Crippen LogP contribution in [0.1, 0.15) is 50.8 Å². The van der Waals surface area contributed by atoms with E-state index in [1.54, 1.807) is 6.20 Å². The van der Waals surface area contributed by atoms with Gasteiger partial charge in [0, 0.05) is 63.3 Å². The third-order valence-corrected chi connectivity index (χ3v) is 9.41. The van der Waals surface area contributed by atoms with Gasteiger partial charge in [0.1, 0.15) is 6.07 Å². The summed E-state index contributed by atoms with van der Waals surface area (Å²) in [6.45, 7) is 8.94. The van der Waals surface area contributed by atoms with E-state index in [-0.39, 0.29) is 11.6 Å². The number of nitrogens with zero attached hydrogens (tertiary/aromatic N) is 4. The van der Waals surface area contributed by atoms with Crippen molar-refractivity contribution in [3.8, 4) is 6.07 Å². The van der Waals surface area contributed by atoms with Gasteiger partial charge in [-0.05, 0) is 81.6 Å². The lowest BCUT2D eigenvalue weighted by Crippen LogP contribution is -2.52. The molecule has 11 heteroatoms. The standard InChI is InChI=1S/C34H35BrCl2N8/c1-34(2,3)44-13-11-27(12-14-44)45-20-30(42-43-45)32(21-7-9-24(36)10-8-21)41-26-16-28-31(40-25-6-4-5-23(35)15-25)22(18-38)19-39-33(28)29(37)17-26/h4-10,15-17,19-20,27,32,41-43H,11-14H2,1-3H3,(H,39,40)/t32-/m0/s1. The molecule has 0 unspecified atom stereocenters. The SMILES string of the molecule is CC(C)(C)N1CCC(N2C=C([C@@H](Nc3cc(Cl)c4ncc(C#N)c(Nc5cccc(Br)c5)c4c3)c3ccc(Cl)cc3)NN2)CC1. The molecule has 0 bridgehead atoms. The highest BCUT2D eigenvalue weighted by Crippen LogP contribution is 2.37. The Balaban J connectivity index is 1.34. The number of halogens is 3. The molecule has 45 heavy (non-hydrogen) atoms. The summed E-state index contributed by atoms with van der Waals surface area (Å²) < 4.78 is 0.926. The predicted molar refractivity (Wildman–Crippen MR) is 187 cm³/mol. The van der Waals surface area contributed by atoms with Gasteiger partial charge in [-0.3, -0.25) is 14.9 Å². The van der Waals surface area contributed by atoms with Crippen molar-refractivity contribution in [2.45, 2.75) is 51.2 Å². The minimum absolute atomic E-state index is 0.171. The topological polar surface area (TPSA) is 91.3 Å². The molecule has 2 aliphatic heterocycles. The maximum atomic E-state index is 9.97. The Morgan fingerprint density at radius 3 is 2.49 bits per heavy atom. The zero-order chi connectivity index (χ0) is 31.7. The van der Waals surface area contributed by atoms with Crippen LogP contribution in [0.15, 0.2) is 83.2 Å². The summed E-state index contributed by atoms with van der Waals surface area (Å²) in [5.74, 6) is 0. The summed E-state index contributed by atoms with van der Waals surface area (Å²) in [7, 11) is 0. The van der Waals surface area contributed by atoms with Crippen LogP contribution >= 0.6 is 39.1 Å². The highest BCUT2D eigenvalue weighted by molar-refractivity contribution is 9.10. The van der Waals surface area contributed by atoms with E-state index >= 15 is 0 Å². The van der Waals surface area contributed by atoms with Crippen molar-refractivity contribution in [2.24, 2.45) is 0 Å². The molecule has 232 valence electrons. The van der Waals surface area contributed by atoms with Crippen LogP contribution < -0.4 is 21.6 Å². The molecule has 0 radical (unpaired) electrons. The summed E-state index contributed by atoms with van der Waals surface area (Å²) in [6.07, 6.45) is 5.84. The van der Waals surface area contributed by atoms with Crippen LogP contribution in [0.3, 0.4) is 0 Å². The number of benzene rings is 3. The fourth-order valence-electron chi connectivity index (χ4n) is 5.94. The number of fused-ring (bicyclic) bond motifs is 1. The Kier molecular flexibility index (Phi) is 9.14. The van der Waals surface area contributed by atoms with Crippen molar-refractivity contribution < 1.29 is 0 Å². The van der Waals surface area contributed by atoms with Gasteiger partial charge < -0.3 is 16.1 Å². The number of nitriles is 1. The van der Waals surface area contributed by atoms with Gasteiger partial charge in [0.15, 0.2) is 0 Å². The monoisotopic (exact) mass is 704 g/mol. The molecular formula is C34H35BrCl2N8. The number of piperidine rings is 1. The van der Waals surface area contributed by atoms with Gasteiger partial charge in [0.05, 0.1) is 33.5 Å². The molecule has 0 aliphatic carbocycles. The number of hydrazine groups is 2. The van der Waals surface area contributed by atoms with Crippen molar-refractivity contribution in [3.63, 3.8) is 0 Å². The average molecular weight is 707 g/mol. The molecule has 1 fully saturated rings. The first-order valence-electron chi connectivity index (χ1n) is 14.9. The van der Waals surface area contributed by atoms with Gasteiger partial charge in [-0.15, -0.1) is 5.53 Å². The summed E-state index contributed by atoms with van der Waals surface area (Å²) >= 11 is 16.7. The molecule has 0 saturated carbocycles. The number of pyridine rings is 1. The lowest BCUT2D eigenvalue weighted by atomic mass is 9.98. The first-order valence-corrected chi connectivity index (χ1v) is 16.5. The third kappa shape index (κ3) is 7.01. The Morgan fingerprint density at radius 1 is 1.04 bits per heavy atom. The van der Waals surface area contributed by atoms with Crippen LogP contribution in [0.2, 0.25) is 10.0 Å². The Hall–Kier alpha value is -3.52. The molecule has 3 heterocycles. The number of aromatic nitrogens is 1. The molecular weight excluding hydrogens is 671 g/mol. The fraction of sp³-hybridized carbons (Fsp3) is 0.294. The average Bonchev–Trinajstić information content (AvgIpc) is 3.51. The Morgan fingerprint density at radius 2 is 1.80 bits per heavy atom. The molecule has 0 amide bonds. The molecule has 2 aliphatic rings. The van der Waals surface area contributed by atoms with Crippen LogP contribution in [0.5, 0.6) is 0 Å². The lowest BCUT2D eigenvalue weighted by Gasteiger charge is -2.42. The zero-order valence-electron chi connectivity index (χ0n) is 25.3. The second-order valence-corrected chi connectivity index (χ2v) is 14.2. The minimum atomic E-state index is -0.253. The largest absolute Gasteiger partial charge is 0.373 e. The van der Waals surface area contributed by atoms with E-state index in [1.807, 2.05) is 60.7 Å². The second-order valence-electron chi connectivity index (χ2n) is 12.4. The molecule has 4 aromatic rings. The number of rotatable bonds is 7. The summed E-state index contributed by atoms with van der Waals surface area (Å²) in [5, 5.41) is 21.2. The van der Waals surface area contributed by atoms with Crippen molar-refractivity contribution in [1.29, 1.82) is 5.26 Å². The summed E-state index contributed by atoms with van der Waals surface area (Å²) in [4.78, 5) is 7.08. The van der Waals surface area contributed by atoms with E-state index in [4.69, 9.17) is 23.2 Å².